The highest BCUT2D eigenvalue weighted by Gasteiger charge is 2.28. The Hall–Kier alpha value is -2.76. The fourth-order valence-corrected chi connectivity index (χ4v) is 2.36. The molecule has 0 saturated heterocycles. The predicted octanol–water partition coefficient (Wildman–Crippen LogP) is 2.92. The topological polar surface area (TPSA) is 78.9 Å². The van der Waals surface area contributed by atoms with Gasteiger partial charge in [0, 0.05) is 13.0 Å². The van der Waals surface area contributed by atoms with E-state index in [1.807, 2.05) is 36.4 Å². The van der Waals surface area contributed by atoms with E-state index in [0.29, 0.717) is 18.8 Å². The minimum absolute atomic E-state index is 0.305. The number of carbonyl (C=O) groups is 2. The minimum Gasteiger partial charge on any atom is -0.480 e. The lowest BCUT2D eigenvalue weighted by atomic mass is 10.1. The molecule has 25 heavy (non-hydrogen) atoms. The summed E-state index contributed by atoms with van der Waals surface area (Å²) in [5.41, 5.74) is 0.276. The number of benzene rings is 1. The third kappa shape index (κ3) is 5.67. The highest BCUT2D eigenvalue weighted by molar-refractivity contribution is 5.75. The highest BCUT2D eigenvalue weighted by Crippen LogP contribution is 2.16. The molecule has 6 nitrogen and oxygen atoms in total. The second-order valence-electron chi connectivity index (χ2n) is 6.80. The summed E-state index contributed by atoms with van der Waals surface area (Å²) in [7, 11) is 0. The van der Waals surface area contributed by atoms with E-state index < -0.39 is 23.7 Å². The van der Waals surface area contributed by atoms with Crippen molar-refractivity contribution < 1.29 is 19.4 Å². The number of aliphatic carboxylic acids is 1. The molecule has 1 aromatic rings. The molecule has 1 aromatic carbocycles. The van der Waals surface area contributed by atoms with Gasteiger partial charge in [0.15, 0.2) is 0 Å². The van der Waals surface area contributed by atoms with Crippen LogP contribution in [0.5, 0.6) is 0 Å². The van der Waals surface area contributed by atoms with Gasteiger partial charge in [-0.15, -0.1) is 0 Å². The number of ether oxygens (including phenoxy) is 1. The van der Waals surface area contributed by atoms with Crippen LogP contribution in [-0.2, 0) is 16.0 Å². The molecular weight excluding hydrogens is 320 g/mol. The number of carboxylic acids is 1. The number of nitrogens with zero attached hydrogens (tertiary/aromatic N) is 1. The van der Waals surface area contributed by atoms with Gasteiger partial charge in [-0.2, -0.15) is 0 Å². The zero-order valence-electron chi connectivity index (χ0n) is 14.7. The summed E-state index contributed by atoms with van der Waals surface area (Å²) in [5.74, 6) is -0.566. The van der Waals surface area contributed by atoms with Crippen molar-refractivity contribution in [2.45, 2.75) is 38.8 Å². The molecule has 0 spiro atoms. The summed E-state index contributed by atoms with van der Waals surface area (Å²) in [6.45, 7) is 5.69. The molecule has 0 aliphatic carbocycles. The molecule has 1 heterocycles. The van der Waals surface area contributed by atoms with Crippen LogP contribution in [-0.4, -0.2) is 40.3 Å². The average Bonchev–Trinajstić information content (AvgIpc) is 2.54. The molecule has 0 unspecified atom stereocenters. The maximum Gasteiger partial charge on any atom is 0.416 e. The van der Waals surface area contributed by atoms with Crippen molar-refractivity contribution in [1.29, 1.82) is 0 Å². The van der Waals surface area contributed by atoms with Crippen molar-refractivity contribution in [1.82, 2.24) is 10.2 Å². The first-order valence-corrected chi connectivity index (χ1v) is 8.17. The molecule has 0 bridgehead atoms. The van der Waals surface area contributed by atoms with Crippen molar-refractivity contribution in [3.63, 3.8) is 0 Å². The summed E-state index contributed by atoms with van der Waals surface area (Å²) in [5, 5.41) is 12.5. The molecule has 0 saturated carbocycles. The Bertz CT molecular complexity index is 674. The van der Waals surface area contributed by atoms with E-state index in [9.17, 15) is 14.7 Å². The van der Waals surface area contributed by atoms with E-state index in [4.69, 9.17) is 4.74 Å². The van der Waals surface area contributed by atoms with Gasteiger partial charge >= 0.3 is 12.1 Å². The first-order chi connectivity index (χ1) is 11.8. The molecule has 2 rings (SSSR count). The minimum atomic E-state index is -0.983. The quantitative estimate of drug-likeness (QED) is 0.859. The zero-order chi connectivity index (χ0) is 18.4. The molecule has 0 aromatic heterocycles. The fourth-order valence-electron chi connectivity index (χ4n) is 2.36. The van der Waals surface area contributed by atoms with Gasteiger partial charge in [-0.3, -0.25) is 4.90 Å². The number of nitrogens with one attached hydrogen (secondary N) is 1. The lowest BCUT2D eigenvalue weighted by Crippen LogP contribution is -2.47. The number of carbonyl (C=O) groups excluding carboxylic acids is 1. The molecule has 1 atom stereocenters. The largest absolute Gasteiger partial charge is 0.480 e. The molecule has 0 radical (unpaired) electrons. The van der Waals surface area contributed by atoms with E-state index in [2.05, 4.69) is 5.32 Å². The molecule has 1 aliphatic rings. The van der Waals surface area contributed by atoms with Gasteiger partial charge in [-0.05, 0) is 32.4 Å². The van der Waals surface area contributed by atoms with Crippen LogP contribution in [0.4, 0.5) is 4.79 Å². The van der Waals surface area contributed by atoms with Crippen LogP contribution in [0.2, 0.25) is 0 Å². The maximum absolute atomic E-state index is 12.4. The third-order valence-corrected chi connectivity index (χ3v) is 3.49. The fraction of sp³-hybridized carbons (Fsp3) is 0.368. The van der Waals surface area contributed by atoms with Crippen molar-refractivity contribution in [2.75, 3.05) is 6.54 Å². The van der Waals surface area contributed by atoms with Crippen molar-refractivity contribution in [3.8, 4) is 0 Å². The van der Waals surface area contributed by atoms with E-state index in [1.165, 1.54) is 4.90 Å². The molecule has 6 heteroatoms. The van der Waals surface area contributed by atoms with Gasteiger partial charge in [0.25, 0.3) is 0 Å². The molecule has 2 N–H and O–H groups in total. The van der Waals surface area contributed by atoms with E-state index in [1.54, 1.807) is 32.9 Å². The van der Waals surface area contributed by atoms with Crippen LogP contribution in [0.3, 0.4) is 0 Å². The van der Waals surface area contributed by atoms with Crippen LogP contribution in [0, 0.1) is 0 Å². The van der Waals surface area contributed by atoms with Gasteiger partial charge in [0.1, 0.15) is 17.5 Å². The molecule has 134 valence electrons. The van der Waals surface area contributed by atoms with Crippen LogP contribution < -0.4 is 5.32 Å². The summed E-state index contributed by atoms with van der Waals surface area (Å²) in [6.07, 6.45) is 5.06. The van der Waals surface area contributed by atoms with Gasteiger partial charge in [0.05, 0.1) is 0 Å². The van der Waals surface area contributed by atoms with Crippen molar-refractivity contribution in [3.05, 3.63) is 59.9 Å². The number of hydrogen-bond donors (Lipinski definition) is 2. The first-order valence-electron chi connectivity index (χ1n) is 8.17. The monoisotopic (exact) mass is 344 g/mol. The maximum atomic E-state index is 12.4. The summed E-state index contributed by atoms with van der Waals surface area (Å²) >= 11 is 0. The van der Waals surface area contributed by atoms with E-state index in [-0.39, 0.29) is 0 Å². The number of hydrogen-bond acceptors (Lipinski definition) is 4. The first kappa shape index (κ1) is 18.6. The molecular formula is C19H24N2O4. The van der Waals surface area contributed by atoms with E-state index in [0.717, 1.165) is 5.56 Å². The Kier molecular flexibility index (Phi) is 5.85. The van der Waals surface area contributed by atoms with Crippen LogP contribution in [0.1, 0.15) is 26.3 Å². The SMILES string of the molecule is CC(C)(C)OC(=O)N1CC=CC=C1N[C@@H](Cc1ccccc1)C(=O)O. The molecule has 0 fully saturated rings. The summed E-state index contributed by atoms with van der Waals surface area (Å²) in [6, 6.07) is 8.50. The number of rotatable bonds is 5. The van der Waals surface area contributed by atoms with Gasteiger partial charge in [0.2, 0.25) is 0 Å². The third-order valence-electron chi connectivity index (χ3n) is 3.49. The Morgan fingerprint density at radius 1 is 1.28 bits per heavy atom. The van der Waals surface area contributed by atoms with Gasteiger partial charge in [-0.25, -0.2) is 9.59 Å². The lowest BCUT2D eigenvalue weighted by molar-refractivity contribution is -0.139. The van der Waals surface area contributed by atoms with Gasteiger partial charge in [-0.1, -0.05) is 42.5 Å². The molecule has 1 aliphatic heterocycles. The standard InChI is InChI=1S/C19H24N2O4/c1-19(2,3)25-18(24)21-12-8-7-11-16(21)20-15(17(22)23)13-14-9-5-4-6-10-14/h4-11,15,20H,12-13H2,1-3H3,(H,22,23)/t15-/m0/s1. The number of carboxylic acid groups (broad SMARTS) is 1. The number of amides is 1. The normalized spacial score (nSPS) is 15.3. The second-order valence-corrected chi connectivity index (χ2v) is 6.80. The smallest absolute Gasteiger partial charge is 0.416 e. The Balaban J connectivity index is 2.12. The summed E-state index contributed by atoms with van der Waals surface area (Å²) < 4.78 is 5.39. The Morgan fingerprint density at radius 2 is 1.96 bits per heavy atom. The highest BCUT2D eigenvalue weighted by atomic mass is 16.6. The second kappa shape index (κ2) is 7.88. The molecule has 1 amide bonds. The predicted molar refractivity (Wildman–Crippen MR) is 94.9 cm³/mol. The van der Waals surface area contributed by atoms with E-state index >= 15 is 0 Å². The van der Waals surface area contributed by atoms with Crippen LogP contribution in [0.25, 0.3) is 0 Å². The lowest BCUT2D eigenvalue weighted by Gasteiger charge is -2.31. The number of allylic oxidation sites excluding steroid dienone is 2. The van der Waals surface area contributed by atoms with Crippen molar-refractivity contribution >= 4 is 12.1 Å². The van der Waals surface area contributed by atoms with Crippen LogP contribution >= 0.6 is 0 Å². The average molecular weight is 344 g/mol. The Labute approximate surface area is 147 Å². The summed E-state index contributed by atoms with van der Waals surface area (Å²) in [4.78, 5) is 25.4. The van der Waals surface area contributed by atoms with Gasteiger partial charge < -0.3 is 15.2 Å². The van der Waals surface area contributed by atoms with Crippen molar-refractivity contribution in [2.24, 2.45) is 0 Å². The Morgan fingerprint density at radius 3 is 2.56 bits per heavy atom. The zero-order valence-corrected chi connectivity index (χ0v) is 14.7. The van der Waals surface area contributed by atoms with Crippen LogP contribution in [0.15, 0.2) is 54.4 Å².